The molecule has 4 nitrogen and oxygen atoms in total. The summed E-state index contributed by atoms with van der Waals surface area (Å²) in [5, 5.41) is 9.45. The van der Waals surface area contributed by atoms with Gasteiger partial charge in [-0.3, -0.25) is 9.80 Å². The lowest BCUT2D eigenvalue weighted by atomic mass is 10.1. The monoisotopic (exact) mass is 266 g/mol. The van der Waals surface area contributed by atoms with Gasteiger partial charge in [-0.1, -0.05) is 6.92 Å². The first-order valence-corrected chi connectivity index (χ1v) is 7.30. The van der Waals surface area contributed by atoms with Crippen molar-refractivity contribution in [3.8, 4) is 0 Å². The number of aryl methyl sites for hydroxylation is 1. The lowest BCUT2D eigenvalue weighted by Gasteiger charge is -2.39. The van der Waals surface area contributed by atoms with Gasteiger partial charge in [-0.25, -0.2) is 0 Å². The third-order valence-electron chi connectivity index (χ3n) is 3.80. The molecule has 0 aromatic carbocycles. The Morgan fingerprint density at radius 1 is 1.37 bits per heavy atom. The van der Waals surface area contributed by atoms with Gasteiger partial charge < -0.3 is 9.52 Å². The average molecular weight is 266 g/mol. The molecule has 1 N–H and O–H groups in total. The van der Waals surface area contributed by atoms with Crippen LogP contribution in [0.1, 0.15) is 32.3 Å². The van der Waals surface area contributed by atoms with Crippen LogP contribution < -0.4 is 0 Å². The van der Waals surface area contributed by atoms with Crippen molar-refractivity contribution in [1.29, 1.82) is 0 Å². The van der Waals surface area contributed by atoms with Crippen molar-refractivity contribution in [2.75, 3.05) is 26.2 Å². The smallest absolute Gasteiger partial charge is 0.118 e. The molecule has 2 heterocycles. The molecule has 1 aromatic heterocycles. The predicted molar refractivity (Wildman–Crippen MR) is 76.1 cm³/mol. The maximum absolute atomic E-state index is 9.45. The Balaban J connectivity index is 1.85. The summed E-state index contributed by atoms with van der Waals surface area (Å²) in [6.45, 7) is 11.0. The zero-order valence-electron chi connectivity index (χ0n) is 12.3. The second-order valence-electron chi connectivity index (χ2n) is 5.65. The molecule has 19 heavy (non-hydrogen) atoms. The molecule has 0 unspecified atom stereocenters. The van der Waals surface area contributed by atoms with E-state index in [1.807, 2.05) is 6.92 Å². The normalized spacial score (nSPS) is 23.7. The number of aliphatic hydroxyl groups excluding tert-OH is 1. The third-order valence-corrected chi connectivity index (χ3v) is 3.80. The molecule has 0 amide bonds. The molecule has 1 aliphatic rings. The Labute approximate surface area is 116 Å². The van der Waals surface area contributed by atoms with E-state index in [0.717, 1.165) is 50.7 Å². The number of aliphatic hydroxyl groups is 1. The topological polar surface area (TPSA) is 39.9 Å². The summed E-state index contributed by atoms with van der Waals surface area (Å²) in [5.74, 6) is 2.13. The molecule has 0 radical (unpaired) electrons. The maximum Gasteiger partial charge on any atom is 0.118 e. The summed E-state index contributed by atoms with van der Waals surface area (Å²) in [6, 6.07) is 4.67. The van der Waals surface area contributed by atoms with E-state index < -0.39 is 0 Å². The van der Waals surface area contributed by atoms with Crippen LogP contribution in [0, 0.1) is 0 Å². The van der Waals surface area contributed by atoms with Crippen LogP contribution in [0.15, 0.2) is 16.5 Å². The van der Waals surface area contributed by atoms with Crippen LogP contribution in [-0.2, 0) is 13.0 Å². The van der Waals surface area contributed by atoms with Crippen LogP contribution in [-0.4, -0.2) is 53.2 Å². The fourth-order valence-electron chi connectivity index (χ4n) is 2.74. The molecule has 0 bridgehead atoms. The van der Waals surface area contributed by atoms with Crippen LogP contribution in [0.25, 0.3) is 0 Å². The molecule has 1 aliphatic heterocycles. The van der Waals surface area contributed by atoms with E-state index in [1.54, 1.807) is 0 Å². The van der Waals surface area contributed by atoms with Gasteiger partial charge in [-0.15, -0.1) is 0 Å². The SMILES string of the molecule is CCc1ccc(CN2CCN(C[C@H](C)O)C[C@H]2C)o1. The molecule has 0 spiro atoms. The van der Waals surface area contributed by atoms with E-state index >= 15 is 0 Å². The van der Waals surface area contributed by atoms with Gasteiger partial charge in [0.15, 0.2) is 0 Å². The minimum absolute atomic E-state index is 0.240. The van der Waals surface area contributed by atoms with Gasteiger partial charge in [-0.2, -0.15) is 0 Å². The van der Waals surface area contributed by atoms with Crippen molar-refractivity contribution in [2.45, 2.75) is 45.9 Å². The highest BCUT2D eigenvalue weighted by Gasteiger charge is 2.24. The lowest BCUT2D eigenvalue weighted by Crippen LogP contribution is -2.52. The van der Waals surface area contributed by atoms with Crippen LogP contribution in [0.2, 0.25) is 0 Å². The Kier molecular flexibility index (Phi) is 5.02. The quantitative estimate of drug-likeness (QED) is 0.881. The lowest BCUT2D eigenvalue weighted by molar-refractivity contribution is 0.0438. The van der Waals surface area contributed by atoms with Crippen LogP contribution >= 0.6 is 0 Å². The van der Waals surface area contributed by atoms with E-state index in [0.29, 0.717) is 6.04 Å². The largest absolute Gasteiger partial charge is 0.465 e. The van der Waals surface area contributed by atoms with Gasteiger partial charge in [0.2, 0.25) is 0 Å². The van der Waals surface area contributed by atoms with Gasteiger partial charge in [0.05, 0.1) is 12.6 Å². The summed E-state index contributed by atoms with van der Waals surface area (Å²) in [4.78, 5) is 4.79. The first kappa shape index (κ1) is 14.6. The molecule has 2 rings (SSSR count). The van der Waals surface area contributed by atoms with Crippen molar-refractivity contribution >= 4 is 0 Å². The number of nitrogens with zero attached hydrogens (tertiary/aromatic N) is 2. The average Bonchev–Trinajstić information content (AvgIpc) is 2.80. The summed E-state index contributed by atoms with van der Waals surface area (Å²) >= 11 is 0. The first-order chi connectivity index (χ1) is 9.08. The zero-order valence-corrected chi connectivity index (χ0v) is 12.3. The van der Waals surface area contributed by atoms with Gasteiger partial charge in [-0.05, 0) is 26.0 Å². The minimum Gasteiger partial charge on any atom is -0.465 e. The Morgan fingerprint density at radius 3 is 2.68 bits per heavy atom. The third kappa shape index (κ3) is 4.06. The van der Waals surface area contributed by atoms with Crippen LogP contribution in [0.5, 0.6) is 0 Å². The molecule has 1 aromatic rings. The Morgan fingerprint density at radius 2 is 2.11 bits per heavy atom. The van der Waals surface area contributed by atoms with Gasteiger partial charge in [0.25, 0.3) is 0 Å². The molecule has 4 heteroatoms. The van der Waals surface area contributed by atoms with E-state index in [9.17, 15) is 5.11 Å². The highest BCUT2D eigenvalue weighted by molar-refractivity contribution is 5.07. The highest BCUT2D eigenvalue weighted by atomic mass is 16.3. The van der Waals surface area contributed by atoms with E-state index in [1.165, 1.54) is 0 Å². The van der Waals surface area contributed by atoms with Gasteiger partial charge in [0, 0.05) is 38.6 Å². The number of rotatable bonds is 5. The van der Waals surface area contributed by atoms with Crippen LogP contribution in [0.3, 0.4) is 0 Å². The van der Waals surface area contributed by atoms with Crippen molar-refractivity contribution in [3.05, 3.63) is 23.7 Å². The van der Waals surface area contributed by atoms with Crippen molar-refractivity contribution < 1.29 is 9.52 Å². The van der Waals surface area contributed by atoms with Crippen molar-refractivity contribution in [3.63, 3.8) is 0 Å². The Bertz CT molecular complexity index is 389. The van der Waals surface area contributed by atoms with Crippen molar-refractivity contribution in [1.82, 2.24) is 9.80 Å². The summed E-state index contributed by atoms with van der Waals surface area (Å²) < 4.78 is 5.78. The fraction of sp³-hybridized carbons (Fsp3) is 0.733. The molecule has 108 valence electrons. The number of hydrogen-bond donors (Lipinski definition) is 1. The minimum atomic E-state index is -0.240. The van der Waals surface area contributed by atoms with Gasteiger partial charge >= 0.3 is 0 Å². The van der Waals surface area contributed by atoms with E-state index in [-0.39, 0.29) is 6.10 Å². The highest BCUT2D eigenvalue weighted by Crippen LogP contribution is 2.16. The summed E-state index contributed by atoms with van der Waals surface area (Å²) in [5.41, 5.74) is 0. The second kappa shape index (κ2) is 6.55. The van der Waals surface area contributed by atoms with Crippen LogP contribution in [0.4, 0.5) is 0 Å². The second-order valence-corrected chi connectivity index (χ2v) is 5.65. The molecular formula is C15H26N2O2. The standard InChI is InChI=1S/C15H26N2O2/c1-4-14-5-6-15(19-14)11-17-8-7-16(9-12(17)2)10-13(3)18/h5-6,12-13,18H,4,7-11H2,1-3H3/t12-,13+/m1/s1. The molecule has 2 atom stereocenters. The molecular weight excluding hydrogens is 240 g/mol. The fourth-order valence-corrected chi connectivity index (χ4v) is 2.74. The number of piperazine rings is 1. The number of β-amino-alcohol motifs (C(OH)–C–C–N with tert-alkyl or cyclic N) is 1. The first-order valence-electron chi connectivity index (χ1n) is 7.30. The summed E-state index contributed by atoms with van der Waals surface area (Å²) in [6.07, 6.45) is 0.716. The van der Waals surface area contributed by atoms with Crippen molar-refractivity contribution in [2.24, 2.45) is 0 Å². The predicted octanol–water partition coefficient (Wildman–Crippen LogP) is 1.73. The van der Waals surface area contributed by atoms with E-state index in [4.69, 9.17) is 4.42 Å². The van der Waals surface area contributed by atoms with Gasteiger partial charge in [0.1, 0.15) is 11.5 Å². The Hall–Kier alpha value is -0.840. The molecule has 1 fully saturated rings. The maximum atomic E-state index is 9.45. The number of furan rings is 1. The number of hydrogen-bond acceptors (Lipinski definition) is 4. The molecule has 1 saturated heterocycles. The van der Waals surface area contributed by atoms with E-state index in [2.05, 4.69) is 35.8 Å². The summed E-state index contributed by atoms with van der Waals surface area (Å²) in [7, 11) is 0. The zero-order chi connectivity index (χ0) is 13.8. The molecule has 0 saturated carbocycles. The molecule has 0 aliphatic carbocycles.